The lowest BCUT2D eigenvalue weighted by atomic mass is 10.1. The van der Waals surface area contributed by atoms with E-state index in [0.29, 0.717) is 27.6 Å². The lowest BCUT2D eigenvalue weighted by molar-refractivity contribution is 0.0754. The van der Waals surface area contributed by atoms with Gasteiger partial charge in [0.25, 0.3) is 11.8 Å². The van der Waals surface area contributed by atoms with Crippen LogP contribution in [0.4, 0.5) is 5.69 Å². The van der Waals surface area contributed by atoms with Crippen molar-refractivity contribution < 1.29 is 14.3 Å². The van der Waals surface area contributed by atoms with Gasteiger partial charge in [0.2, 0.25) is 0 Å². The highest BCUT2D eigenvalue weighted by molar-refractivity contribution is 6.34. The Hall–Kier alpha value is -2.53. The monoisotopic (exact) mass is 374 g/mol. The molecule has 0 spiro atoms. The molecule has 26 heavy (non-hydrogen) atoms. The lowest BCUT2D eigenvalue weighted by Gasteiger charge is -2.22. The van der Waals surface area contributed by atoms with Crippen molar-refractivity contribution in [2.24, 2.45) is 0 Å². The Kier molecular flexibility index (Phi) is 6.27. The smallest absolute Gasteiger partial charge is 0.255 e. The third kappa shape index (κ3) is 4.35. The summed E-state index contributed by atoms with van der Waals surface area (Å²) in [7, 11) is 3.29. The first-order valence-electron chi connectivity index (χ1n) is 8.27. The number of rotatable bonds is 5. The van der Waals surface area contributed by atoms with Gasteiger partial charge in [-0.1, -0.05) is 17.7 Å². The Labute approximate surface area is 158 Å². The fraction of sp³-hybridized carbons (Fsp3) is 0.300. The summed E-state index contributed by atoms with van der Waals surface area (Å²) in [5, 5.41) is 3.13. The van der Waals surface area contributed by atoms with Gasteiger partial charge in [-0.2, -0.15) is 0 Å². The molecule has 0 atom stereocenters. The van der Waals surface area contributed by atoms with E-state index in [9.17, 15) is 9.59 Å². The third-order valence-electron chi connectivity index (χ3n) is 4.23. The molecule has 0 bridgehead atoms. The molecule has 0 radical (unpaired) electrons. The number of nitrogens with zero attached hydrogens (tertiary/aromatic N) is 1. The van der Waals surface area contributed by atoms with E-state index in [1.807, 2.05) is 26.8 Å². The van der Waals surface area contributed by atoms with E-state index in [1.165, 1.54) is 0 Å². The van der Waals surface area contributed by atoms with Gasteiger partial charge in [-0.25, -0.2) is 0 Å². The Morgan fingerprint density at radius 2 is 1.77 bits per heavy atom. The third-order valence-corrected chi connectivity index (χ3v) is 4.56. The average molecular weight is 375 g/mol. The Bertz CT molecular complexity index is 834. The van der Waals surface area contributed by atoms with E-state index < -0.39 is 0 Å². The molecule has 0 aliphatic carbocycles. The molecule has 6 heteroatoms. The van der Waals surface area contributed by atoms with Crippen molar-refractivity contribution in [1.29, 1.82) is 0 Å². The van der Waals surface area contributed by atoms with Crippen LogP contribution in [0.5, 0.6) is 5.75 Å². The Morgan fingerprint density at radius 3 is 2.38 bits per heavy atom. The summed E-state index contributed by atoms with van der Waals surface area (Å²) in [6.45, 7) is 5.76. The van der Waals surface area contributed by atoms with Crippen LogP contribution < -0.4 is 10.1 Å². The number of carbonyl (C=O) groups excluding carboxylic acids is 2. The van der Waals surface area contributed by atoms with Gasteiger partial charge >= 0.3 is 0 Å². The SMILES string of the molecule is COc1cc(C(=O)Nc2cc(C(=O)N(C)C(C)C)ccc2Cl)ccc1C. The first-order valence-corrected chi connectivity index (χ1v) is 8.65. The van der Waals surface area contributed by atoms with E-state index in [-0.39, 0.29) is 17.9 Å². The zero-order valence-electron chi connectivity index (χ0n) is 15.6. The minimum Gasteiger partial charge on any atom is -0.496 e. The number of anilines is 1. The predicted octanol–water partition coefficient (Wildman–Crippen LogP) is 4.39. The van der Waals surface area contributed by atoms with Crippen LogP contribution in [0.3, 0.4) is 0 Å². The van der Waals surface area contributed by atoms with Crippen LogP contribution >= 0.6 is 11.6 Å². The number of hydrogen-bond donors (Lipinski definition) is 1. The number of amides is 2. The second-order valence-electron chi connectivity index (χ2n) is 6.34. The van der Waals surface area contributed by atoms with Crippen LogP contribution in [-0.2, 0) is 0 Å². The maximum Gasteiger partial charge on any atom is 0.255 e. The summed E-state index contributed by atoms with van der Waals surface area (Å²) in [6, 6.07) is 10.1. The second kappa shape index (κ2) is 8.23. The molecular weight excluding hydrogens is 352 g/mol. The molecule has 0 saturated heterocycles. The summed E-state index contributed by atoms with van der Waals surface area (Å²) in [4.78, 5) is 26.7. The minimum atomic E-state index is -0.327. The minimum absolute atomic E-state index is 0.0660. The first-order chi connectivity index (χ1) is 12.2. The quantitative estimate of drug-likeness (QED) is 0.844. The number of ether oxygens (including phenoxy) is 1. The normalized spacial score (nSPS) is 10.6. The molecule has 2 rings (SSSR count). The molecule has 2 aromatic carbocycles. The van der Waals surface area contributed by atoms with E-state index >= 15 is 0 Å². The molecule has 0 unspecified atom stereocenters. The van der Waals surface area contributed by atoms with Crippen molar-refractivity contribution in [3.8, 4) is 5.75 Å². The number of benzene rings is 2. The van der Waals surface area contributed by atoms with Crippen LogP contribution in [0.2, 0.25) is 5.02 Å². The highest BCUT2D eigenvalue weighted by Gasteiger charge is 2.17. The number of halogens is 1. The van der Waals surface area contributed by atoms with E-state index in [4.69, 9.17) is 16.3 Å². The number of hydrogen-bond acceptors (Lipinski definition) is 3. The van der Waals surface area contributed by atoms with Gasteiger partial charge in [0.05, 0.1) is 17.8 Å². The van der Waals surface area contributed by atoms with E-state index in [1.54, 1.807) is 49.4 Å². The van der Waals surface area contributed by atoms with E-state index in [0.717, 1.165) is 5.56 Å². The Morgan fingerprint density at radius 1 is 1.12 bits per heavy atom. The fourth-order valence-electron chi connectivity index (χ4n) is 2.35. The largest absolute Gasteiger partial charge is 0.496 e. The zero-order valence-corrected chi connectivity index (χ0v) is 16.3. The molecule has 0 aromatic heterocycles. The number of nitrogens with one attached hydrogen (secondary N) is 1. The van der Waals surface area contributed by atoms with Gasteiger partial charge in [-0.05, 0) is 56.7 Å². The number of carbonyl (C=O) groups is 2. The molecule has 0 aliphatic heterocycles. The van der Waals surface area contributed by atoms with Crippen molar-refractivity contribution in [3.63, 3.8) is 0 Å². The maximum absolute atomic E-state index is 12.5. The molecule has 1 N–H and O–H groups in total. The molecule has 2 amide bonds. The zero-order chi connectivity index (χ0) is 19.4. The molecule has 5 nitrogen and oxygen atoms in total. The topological polar surface area (TPSA) is 58.6 Å². The van der Waals surface area contributed by atoms with Crippen LogP contribution in [0, 0.1) is 6.92 Å². The Balaban J connectivity index is 2.27. The van der Waals surface area contributed by atoms with Gasteiger partial charge in [0.15, 0.2) is 0 Å². The molecular formula is C20H23ClN2O3. The summed E-state index contributed by atoms with van der Waals surface area (Å²) in [5.74, 6) is 0.169. The standard InChI is InChI=1S/C20H23ClN2O3/c1-12(2)23(4)20(25)15-8-9-16(21)17(10-15)22-19(24)14-7-6-13(3)18(11-14)26-5/h6-12H,1-5H3,(H,22,24). The van der Waals surface area contributed by atoms with Crippen LogP contribution in [0.15, 0.2) is 36.4 Å². The highest BCUT2D eigenvalue weighted by Crippen LogP contribution is 2.26. The van der Waals surface area contributed by atoms with Crippen LogP contribution in [-0.4, -0.2) is 36.9 Å². The molecule has 0 saturated carbocycles. The fourth-order valence-corrected chi connectivity index (χ4v) is 2.51. The van der Waals surface area contributed by atoms with Crippen molar-refractivity contribution in [3.05, 3.63) is 58.1 Å². The molecule has 0 fully saturated rings. The number of aryl methyl sites for hydroxylation is 1. The highest BCUT2D eigenvalue weighted by atomic mass is 35.5. The van der Waals surface area contributed by atoms with E-state index in [2.05, 4.69) is 5.32 Å². The number of methoxy groups -OCH3 is 1. The van der Waals surface area contributed by atoms with Gasteiger partial charge < -0.3 is 15.0 Å². The molecule has 138 valence electrons. The summed E-state index contributed by atoms with van der Waals surface area (Å²) in [5.41, 5.74) is 2.23. The van der Waals surface area contributed by atoms with Crippen molar-refractivity contribution in [1.82, 2.24) is 4.90 Å². The summed E-state index contributed by atoms with van der Waals surface area (Å²) in [6.07, 6.45) is 0. The molecule has 2 aromatic rings. The molecule has 0 aliphatic rings. The van der Waals surface area contributed by atoms with Gasteiger partial charge in [-0.15, -0.1) is 0 Å². The van der Waals surface area contributed by atoms with Crippen LogP contribution in [0.1, 0.15) is 40.1 Å². The van der Waals surface area contributed by atoms with Crippen molar-refractivity contribution in [2.45, 2.75) is 26.8 Å². The van der Waals surface area contributed by atoms with Gasteiger partial charge in [0.1, 0.15) is 5.75 Å². The van der Waals surface area contributed by atoms with Crippen molar-refractivity contribution in [2.75, 3.05) is 19.5 Å². The van der Waals surface area contributed by atoms with Crippen molar-refractivity contribution >= 4 is 29.1 Å². The molecule has 0 heterocycles. The first kappa shape index (κ1) is 19.8. The van der Waals surface area contributed by atoms with Gasteiger partial charge in [0, 0.05) is 24.2 Å². The lowest BCUT2D eigenvalue weighted by Crippen LogP contribution is -2.33. The predicted molar refractivity (Wildman–Crippen MR) is 104 cm³/mol. The maximum atomic E-state index is 12.5. The summed E-state index contributed by atoms with van der Waals surface area (Å²) >= 11 is 6.19. The van der Waals surface area contributed by atoms with Gasteiger partial charge in [-0.3, -0.25) is 9.59 Å². The average Bonchev–Trinajstić information content (AvgIpc) is 2.62. The van der Waals surface area contributed by atoms with Crippen LogP contribution in [0.25, 0.3) is 0 Å². The second-order valence-corrected chi connectivity index (χ2v) is 6.75. The summed E-state index contributed by atoms with van der Waals surface area (Å²) < 4.78 is 5.25.